The Morgan fingerprint density at radius 3 is 2.71 bits per heavy atom. The van der Waals surface area contributed by atoms with Gasteiger partial charge in [-0.1, -0.05) is 30.3 Å². The molecule has 5 nitrogen and oxygen atoms in total. The molecule has 0 aliphatic carbocycles. The van der Waals surface area contributed by atoms with Crippen LogP contribution >= 0.6 is 0 Å². The highest BCUT2D eigenvalue weighted by Gasteiger charge is 2.34. The Balaban J connectivity index is 2.39. The van der Waals surface area contributed by atoms with Crippen molar-refractivity contribution in [1.82, 2.24) is 5.32 Å². The van der Waals surface area contributed by atoms with E-state index in [0.717, 1.165) is 5.56 Å². The summed E-state index contributed by atoms with van der Waals surface area (Å²) in [6.07, 6.45) is 3.02. The van der Waals surface area contributed by atoms with Crippen LogP contribution in [0.3, 0.4) is 0 Å². The summed E-state index contributed by atoms with van der Waals surface area (Å²) in [5, 5.41) is 2.90. The maximum Gasteiger partial charge on any atom is 0.264 e. The lowest BCUT2D eigenvalue weighted by Crippen LogP contribution is -2.46. The number of nitrogens with one attached hydrogen (secondary N) is 1. The van der Waals surface area contributed by atoms with Gasteiger partial charge in [0.1, 0.15) is 5.70 Å². The van der Waals surface area contributed by atoms with Crippen LogP contribution in [0, 0.1) is 0 Å². The fraction of sp³-hybridized carbons (Fsp3) is 0.167. The van der Waals surface area contributed by atoms with Crippen molar-refractivity contribution in [2.24, 2.45) is 10.7 Å². The number of ether oxygens (including phenoxy) is 1. The van der Waals surface area contributed by atoms with Crippen molar-refractivity contribution in [2.45, 2.75) is 5.85 Å². The number of carbonyl (C=O) groups is 1. The maximum atomic E-state index is 11.2. The average Bonchev–Trinajstić information content (AvgIpc) is 2.39. The van der Waals surface area contributed by atoms with E-state index in [1.165, 1.54) is 19.4 Å². The number of aliphatic imine (C=N–C) groups is 1. The number of allylic oxidation sites excluding steroid dienone is 1. The Kier molecular flexibility index (Phi) is 2.93. The van der Waals surface area contributed by atoms with E-state index < -0.39 is 11.8 Å². The Hall–Kier alpha value is -2.14. The van der Waals surface area contributed by atoms with Gasteiger partial charge in [-0.25, -0.2) is 4.99 Å². The molecule has 2 rings (SSSR count). The van der Waals surface area contributed by atoms with Crippen LogP contribution < -0.4 is 11.1 Å². The zero-order valence-corrected chi connectivity index (χ0v) is 9.38. The molecule has 0 aromatic heterocycles. The average molecular weight is 231 g/mol. The van der Waals surface area contributed by atoms with Crippen molar-refractivity contribution in [3.63, 3.8) is 0 Å². The van der Waals surface area contributed by atoms with Crippen molar-refractivity contribution < 1.29 is 9.53 Å². The first-order chi connectivity index (χ1) is 8.18. The highest BCUT2D eigenvalue weighted by Crippen LogP contribution is 2.26. The molecule has 0 fully saturated rings. The molecular formula is C12H13N3O2. The van der Waals surface area contributed by atoms with E-state index in [4.69, 9.17) is 10.5 Å². The van der Waals surface area contributed by atoms with Crippen LogP contribution in [0.25, 0.3) is 0 Å². The molecule has 1 aromatic rings. The summed E-state index contributed by atoms with van der Waals surface area (Å²) in [7, 11) is 1.52. The second-order valence-corrected chi connectivity index (χ2v) is 3.56. The zero-order valence-electron chi connectivity index (χ0n) is 9.38. The summed E-state index contributed by atoms with van der Waals surface area (Å²) in [6.45, 7) is 0. The van der Waals surface area contributed by atoms with Crippen molar-refractivity contribution in [1.29, 1.82) is 0 Å². The van der Waals surface area contributed by atoms with Gasteiger partial charge < -0.3 is 15.8 Å². The molecule has 0 radical (unpaired) electrons. The van der Waals surface area contributed by atoms with Crippen molar-refractivity contribution >= 4 is 12.1 Å². The normalized spacial score (nSPS) is 22.8. The molecule has 1 aliphatic heterocycles. The molecule has 1 atom stereocenters. The summed E-state index contributed by atoms with van der Waals surface area (Å²) in [6, 6.07) is 9.35. The Bertz CT molecular complexity index is 482. The topological polar surface area (TPSA) is 76.7 Å². The van der Waals surface area contributed by atoms with Gasteiger partial charge in [-0.05, 0) is 6.08 Å². The standard InChI is InChI=1S/C12H13N3O2/c1-17-12(9-5-3-2-4-6-9)14-8-7-10(15-12)11(13)16/h2-8,15H,1H3,(H2,13,16). The van der Waals surface area contributed by atoms with Gasteiger partial charge in [0.15, 0.2) is 0 Å². The van der Waals surface area contributed by atoms with Gasteiger partial charge in [0, 0.05) is 18.9 Å². The van der Waals surface area contributed by atoms with Crippen LogP contribution in [0.4, 0.5) is 0 Å². The first-order valence-electron chi connectivity index (χ1n) is 5.12. The van der Waals surface area contributed by atoms with Crippen LogP contribution in [0.1, 0.15) is 5.56 Å². The molecule has 17 heavy (non-hydrogen) atoms. The molecule has 5 heteroatoms. The van der Waals surface area contributed by atoms with Gasteiger partial charge in [-0.15, -0.1) is 0 Å². The quantitative estimate of drug-likeness (QED) is 0.794. The third-order valence-electron chi connectivity index (χ3n) is 2.53. The summed E-state index contributed by atoms with van der Waals surface area (Å²) in [5.41, 5.74) is 6.30. The summed E-state index contributed by atoms with van der Waals surface area (Å²) >= 11 is 0. The SMILES string of the molecule is COC1(c2ccccc2)N=CC=C(C(N)=O)N1. The number of methoxy groups -OCH3 is 1. The number of amides is 1. The van der Waals surface area contributed by atoms with Gasteiger partial charge in [0.25, 0.3) is 11.8 Å². The first-order valence-corrected chi connectivity index (χ1v) is 5.12. The second-order valence-electron chi connectivity index (χ2n) is 3.56. The number of hydrogen-bond acceptors (Lipinski definition) is 4. The van der Waals surface area contributed by atoms with Gasteiger partial charge in [0.2, 0.25) is 0 Å². The molecule has 0 spiro atoms. The number of nitrogens with two attached hydrogens (primary N) is 1. The van der Waals surface area contributed by atoms with Crippen LogP contribution in [0.2, 0.25) is 0 Å². The van der Waals surface area contributed by atoms with Crippen LogP contribution in [-0.4, -0.2) is 19.2 Å². The van der Waals surface area contributed by atoms with Gasteiger partial charge in [-0.3, -0.25) is 4.79 Å². The zero-order chi connectivity index (χ0) is 12.3. The fourth-order valence-corrected chi connectivity index (χ4v) is 1.65. The predicted molar refractivity (Wildman–Crippen MR) is 64.0 cm³/mol. The third kappa shape index (κ3) is 2.05. The number of primary amides is 1. The molecule has 1 amide bonds. The van der Waals surface area contributed by atoms with Crippen molar-refractivity contribution in [2.75, 3.05) is 7.11 Å². The van der Waals surface area contributed by atoms with E-state index in [1.54, 1.807) is 0 Å². The minimum Gasteiger partial charge on any atom is -0.364 e. The maximum absolute atomic E-state index is 11.2. The largest absolute Gasteiger partial charge is 0.364 e. The molecule has 0 bridgehead atoms. The van der Waals surface area contributed by atoms with E-state index in [0.29, 0.717) is 0 Å². The Morgan fingerprint density at radius 1 is 1.41 bits per heavy atom. The molecule has 88 valence electrons. The predicted octanol–water partition coefficient (Wildman–Crippen LogP) is 0.487. The summed E-state index contributed by atoms with van der Waals surface area (Å²) in [4.78, 5) is 15.4. The van der Waals surface area contributed by atoms with Gasteiger partial charge >= 0.3 is 0 Å². The van der Waals surface area contributed by atoms with Crippen molar-refractivity contribution in [3.8, 4) is 0 Å². The lowest BCUT2D eigenvalue weighted by Gasteiger charge is -2.32. The molecule has 0 saturated heterocycles. The fourth-order valence-electron chi connectivity index (χ4n) is 1.65. The lowest BCUT2D eigenvalue weighted by molar-refractivity contribution is -0.116. The second kappa shape index (κ2) is 4.39. The number of rotatable bonds is 3. The highest BCUT2D eigenvalue weighted by atomic mass is 16.5. The van der Waals surface area contributed by atoms with Crippen LogP contribution in [0.5, 0.6) is 0 Å². The number of hydrogen-bond donors (Lipinski definition) is 2. The van der Waals surface area contributed by atoms with Gasteiger partial charge in [0.05, 0.1) is 0 Å². The van der Waals surface area contributed by atoms with Crippen molar-refractivity contribution in [3.05, 3.63) is 47.7 Å². The smallest absolute Gasteiger partial charge is 0.264 e. The van der Waals surface area contributed by atoms with Crippen LogP contribution in [0.15, 0.2) is 47.1 Å². The monoisotopic (exact) mass is 231 g/mol. The lowest BCUT2D eigenvalue weighted by atomic mass is 10.1. The summed E-state index contributed by atoms with van der Waals surface area (Å²) < 4.78 is 5.39. The molecule has 0 saturated carbocycles. The first kappa shape index (κ1) is 11.3. The number of benzene rings is 1. The minimum atomic E-state index is -1.08. The van der Waals surface area contributed by atoms with E-state index in [2.05, 4.69) is 10.3 Å². The third-order valence-corrected chi connectivity index (χ3v) is 2.53. The Labute approximate surface area is 99.0 Å². The van der Waals surface area contributed by atoms with E-state index in [9.17, 15) is 4.79 Å². The minimum absolute atomic E-state index is 0.269. The molecular weight excluding hydrogens is 218 g/mol. The molecule has 3 N–H and O–H groups in total. The number of nitrogens with zero attached hydrogens (tertiary/aromatic N) is 1. The number of carbonyl (C=O) groups excluding carboxylic acids is 1. The molecule has 1 heterocycles. The molecule has 1 unspecified atom stereocenters. The Morgan fingerprint density at radius 2 is 2.12 bits per heavy atom. The highest BCUT2D eigenvalue weighted by molar-refractivity contribution is 5.96. The summed E-state index contributed by atoms with van der Waals surface area (Å²) in [5.74, 6) is -1.63. The van der Waals surface area contributed by atoms with Crippen LogP contribution in [-0.2, 0) is 15.4 Å². The van der Waals surface area contributed by atoms with E-state index in [-0.39, 0.29) is 5.70 Å². The van der Waals surface area contributed by atoms with E-state index >= 15 is 0 Å². The van der Waals surface area contributed by atoms with Gasteiger partial charge in [-0.2, -0.15) is 0 Å². The molecule has 1 aliphatic rings. The van der Waals surface area contributed by atoms with E-state index in [1.807, 2.05) is 30.3 Å². The molecule has 1 aromatic carbocycles.